The summed E-state index contributed by atoms with van der Waals surface area (Å²) in [4.78, 5) is 57.4. The molecule has 27 heteroatoms. The van der Waals surface area contributed by atoms with Gasteiger partial charge >= 0.3 is 5.97 Å². The van der Waals surface area contributed by atoms with E-state index in [-0.39, 0.29) is 102 Å². The van der Waals surface area contributed by atoms with Crippen LogP contribution in [0.15, 0.2) is 80.9 Å². The van der Waals surface area contributed by atoms with E-state index in [1.54, 1.807) is 37.4 Å². The zero-order chi connectivity index (χ0) is 56.3. The number of fused-ring (bicyclic) bond motifs is 2. The molecule has 0 aromatic heterocycles. The van der Waals surface area contributed by atoms with Crippen LogP contribution in [0, 0.1) is 0 Å². The Morgan fingerprint density at radius 2 is 1.25 bits per heavy atom. The topological polar surface area (TPSA) is 334 Å². The monoisotopic (exact) mass is 1140 g/mol. The highest BCUT2D eigenvalue weighted by molar-refractivity contribution is 7.86. The number of hydrogen-bond donors (Lipinski definition) is 1. The number of likely N-dealkylation sites (N-methyl/N-ethyl adjacent to an activating group) is 1. The van der Waals surface area contributed by atoms with Crippen molar-refractivity contribution in [2.45, 2.75) is 86.3 Å². The Morgan fingerprint density at radius 3 is 1.77 bits per heavy atom. The maximum absolute atomic E-state index is 14.5. The van der Waals surface area contributed by atoms with Crippen LogP contribution in [0.2, 0.25) is 0 Å². The van der Waals surface area contributed by atoms with Crippen LogP contribution in [0.1, 0.15) is 76.8 Å². The summed E-state index contributed by atoms with van der Waals surface area (Å²) in [5.41, 5.74) is -0.894. The number of ether oxygens (including phenoxy) is 6. The van der Waals surface area contributed by atoms with Crippen LogP contribution < -0.4 is 4.90 Å². The van der Waals surface area contributed by atoms with E-state index in [1.807, 2.05) is 0 Å². The Balaban J connectivity index is 1.29. The van der Waals surface area contributed by atoms with E-state index in [1.165, 1.54) is 36.4 Å². The fraction of sp³-hybridized carbons (Fsp3) is 0.540. The van der Waals surface area contributed by atoms with Crippen LogP contribution in [0.4, 0.5) is 11.4 Å². The maximum Gasteiger partial charge on any atom is 0.333 e. The molecule has 2 unspecified atom stereocenters. The van der Waals surface area contributed by atoms with Crippen molar-refractivity contribution in [3.8, 4) is 0 Å². The van der Waals surface area contributed by atoms with E-state index in [9.17, 15) is 63.2 Å². The van der Waals surface area contributed by atoms with E-state index in [0.29, 0.717) is 78.6 Å². The Hall–Kier alpha value is -5.30. The third-order valence-corrected chi connectivity index (χ3v) is 16.0. The van der Waals surface area contributed by atoms with E-state index in [2.05, 4.69) is 0 Å². The lowest BCUT2D eigenvalue weighted by Crippen LogP contribution is -2.35. The smallest absolute Gasteiger partial charge is 0.333 e. The molecule has 1 saturated heterocycles. The predicted molar refractivity (Wildman–Crippen MR) is 268 cm³/mol. The molecule has 2 aromatic rings. The number of anilines is 1. The number of carbonyl (C=O) groups is 4. The fourth-order valence-electron chi connectivity index (χ4n) is 9.58. The quantitative estimate of drug-likeness (QED) is 0.0362. The number of imide groups is 1. The van der Waals surface area contributed by atoms with E-state index < -0.39 is 86.1 Å². The van der Waals surface area contributed by atoms with E-state index in [4.69, 9.17) is 33.3 Å². The summed E-state index contributed by atoms with van der Waals surface area (Å²) in [6.45, 7) is 8.67. The molecule has 0 saturated carbocycles. The van der Waals surface area contributed by atoms with Gasteiger partial charge in [-0.1, -0.05) is 0 Å². The number of aliphatic hydroxyl groups excluding tert-OH is 1. The average molecular weight is 1140 g/mol. The summed E-state index contributed by atoms with van der Waals surface area (Å²) in [6, 6.07) is 7.43. The van der Waals surface area contributed by atoms with Gasteiger partial charge in [0, 0.05) is 79.8 Å². The highest BCUT2D eigenvalue weighted by atomic mass is 32.2. The minimum atomic E-state index is -5.01. The minimum absolute atomic E-state index is 0.00974. The summed E-state index contributed by atoms with van der Waals surface area (Å²) in [5.74, 6) is -4.19. The molecule has 1 fully saturated rings. The molecule has 2 amide bonds. The molecule has 3 heterocycles. The molecule has 0 radical (unpaired) electrons. The van der Waals surface area contributed by atoms with Gasteiger partial charge in [0.05, 0.1) is 109 Å². The molecule has 424 valence electrons. The first-order valence-corrected chi connectivity index (χ1v) is 29.2. The number of ketones is 1. The van der Waals surface area contributed by atoms with Gasteiger partial charge in [-0.25, -0.2) is 30.0 Å². The fourth-order valence-corrected chi connectivity index (χ4v) is 11.1. The molecule has 3 aliphatic heterocycles. The highest BCUT2D eigenvalue weighted by Gasteiger charge is 2.50. The maximum atomic E-state index is 14.5. The molecule has 0 spiro atoms. The Bertz CT molecular complexity index is 3030. The molecule has 2 atom stereocenters. The number of rotatable bonds is 32. The molecule has 6 rings (SSSR count). The van der Waals surface area contributed by atoms with Crippen LogP contribution in [0.25, 0.3) is 0 Å². The molecular formula is C50H63N3O21S3-2. The van der Waals surface area contributed by atoms with Crippen molar-refractivity contribution in [2.24, 2.45) is 0 Å². The number of aliphatic hydroxyl groups is 1. The lowest BCUT2D eigenvalue weighted by atomic mass is 9.74. The number of nitrogens with zero attached hydrogens (tertiary/aromatic N) is 3. The summed E-state index contributed by atoms with van der Waals surface area (Å²) in [5, 5.41) is 12.3. The van der Waals surface area contributed by atoms with Crippen LogP contribution in [-0.4, -0.2) is 182 Å². The van der Waals surface area contributed by atoms with Crippen LogP contribution in [0.5, 0.6) is 0 Å². The minimum Gasteiger partial charge on any atom is -0.748 e. The number of Topliss-reactive ketones (excluding diaryl/α,β-unsaturated/α-hetero) is 1. The lowest BCUT2D eigenvalue weighted by Gasteiger charge is -2.32. The second-order valence-electron chi connectivity index (χ2n) is 18.7. The van der Waals surface area contributed by atoms with Gasteiger partial charge < -0.3 is 56.9 Å². The van der Waals surface area contributed by atoms with Crippen molar-refractivity contribution in [1.29, 1.82) is 0 Å². The number of hydroxylamine groups is 2. The van der Waals surface area contributed by atoms with Gasteiger partial charge in [0.25, 0.3) is 11.8 Å². The SMILES string of the molecule is CCN1C(=CC2=C(O)C(=CC3=[N+](CCCC(=O)ON4C(=O)CCC4=O)c4ccc(S(=O)(=O)[O-])cc4C3(C)CCOCCOCCOCCOCCOCCOC)C2=O)C(C)(CCCS(=O)(=O)[O-])c2cc(S(=O)(=O)[O-])ccc21. The number of allylic oxidation sites excluding steroid dienone is 5. The van der Waals surface area contributed by atoms with Gasteiger partial charge in [0.2, 0.25) is 11.5 Å². The summed E-state index contributed by atoms with van der Waals surface area (Å²) >= 11 is 0. The Labute approximate surface area is 447 Å². The second kappa shape index (κ2) is 26.1. The van der Waals surface area contributed by atoms with E-state index in [0.717, 1.165) is 12.1 Å². The van der Waals surface area contributed by atoms with Gasteiger partial charge in [-0.2, -0.15) is 4.58 Å². The zero-order valence-electron chi connectivity index (χ0n) is 43.1. The van der Waals surface area contributed by atoms with Crippen molar-refractivity contribution in [1.82, 2.24) is 5.06 Å². The molecule has 24 nitrogen and oxygen atoms in total. The third kappa shape index (κ3) is 14.9. The molecule has 1 aliphatic carbocycles. The highest BCUT2D eigenvalue weighted by Crippen LogP contribution is 2.52. The first kappa shape index (κ1) is 60.9. The van der Waals surface area contributed by atoms with Gasteiger partial charge in [-0.3, -0.25) is 14.4 Å². The zero-order valence-corrected chi connectivity index (χ0v) is 45.6. The number of hydrogen-bond acceptors (Lipinski definition) is 22. The van der Waals surface area contributed by atoms with Crippen molar-refractivity contribution in [3.05, 3.63) is 82.3 Å². The van der Waals surface area contributed by atoms with Gasteiger partial charge in [0.1, 0.15) is 32.5 Å². The number of carbonyl (C=O) groups excluding carboxylic acids is 4. The van der Waals surface area contributed by atoms with Gasteiger partial charge in [-0.05, 0) is 82.0 Å². The number of amides is 2. The van der Waals surface area contributed by atoms with Crippen molar-refractivity contribution in [3.63, 3.8) is 0 Å². The number of methoxy groups -OCH3 is 1. The standard InChI is InChI=1S/C50H65N3O21S3/c1-5-51-40-11-9-34(76(62,63)64)30-38(40)49(2,15-7-29-75(59,60)61)42(51)32-36-47(57)37(48(36)58)33-43-50(3,16-18-69-21-22-71-25-26-73-28-27-72-24-23-70-20-19-68-4)39-31-35(77(65,66)67)10-12-41(39)52(43)17-6-8-46(56)74-53-44(54)13-14-45(53)55/h9-12,30-33H,5-8,13-29H2,1-4H3,(H3-,57,58,59,60,61,62,63,64,65,66,67)/p-2. The summed E-state index contributed by atoms with van der Waals surface area (Å²) in [6.07, 6.45) is 2.08. The van der Waals surface area contributed by atoms with Crippen LogP contribution >= 0.6 is 0 Å². The first-order chi connectivity index (χ1) is 36.4. The summed E-state index contributed by atoms with van der Waals surface area (Å²) in [7, 11) is -13.1. The molecular weight excluding hydrogens is 1070 g/mol. The molecule has 2 aromatic carbocycles. The van der Waals surface area contributed by atoms with Gasteiger partial charge in [0.15, 0.2) is 5.71 Å². The van der Waals surface area contributed by atoms with E-state index >= 15 is 0 Å². The summed E-state index contributed by atoms with van der Waals surface area (Å²) < 4.78 is 144. The molecule has 4 aliphatic rings. The molecule has 77 heavy (non-hydrogen) atoms. The predicted octanol–water partition coefficient (Wildman–Crippen LogP) is 2.69. The molecule has 0 bridgehead atoms. The van der Waals surface area contributed by atoms with Crippen molar-refractivity contribution >= 4 is 71.0 Å². The van der Waals surface area contributed by atoms with Crippen molar-refractivity contribution in [2.75, 3.05) is 104 Å². The molecule has 1 N–H and O–H groups in total. The Kier molecular flexibility index (Phi) is 20.7. The van der Waals surface area contributed by atoms with Crippen molar-refractivity contribution < 1.29 is 101 Å². The Morgan fingerprint density at radius 1 is 0.714 bits per heavy atom. The van der Waals surface area contributed by atoms with Gasteiger partial charge in [-0.15, -0.1) is 5.06 Å². The van der Waals surface area contributed by atoms with Crippen LogP contribution in [-0.2, 0) is 93.6 Å². The average Bonchev–Trinajstić information content (AvgIpc) is 4.13. The number of benzene rings is 2. The lowest BCUT2D eigenvalue weighted by molar-refractivity contribution is -0.438. The third-order valence-electron chi connectivity index (χ3n) is 13.6. The largest absolute Gasteiger partial charge is 0.748 e. The second-order valence-corrected chi connectivity index (χ2v) is 23.0. The normalized spacial score (nSPS) is 20.8. The van der Waals surface area contributed by atoms with Crippen LogP contribution in [0.3, 0.4) is 0 Å². The first-order valence-electron chi connectivity index (χ1n) is 24.8.